The maximum atomic E-state index is 8.72. The van der Waals surface area contributed by atoms with Gasteiger partial charge in [0.05, 0.1) is 5.69 Å². The number of amidine groups is 1. The molecule has 1 rings (SSSR count). The molecule has 100 valence electrons. The van der Waals surface area contributed by atoms with E-state index >= 15 is 0 Å². The van der Waals surface area contributed by atoms with Gasteiger partial charge in [-0.05, 0) is 31.4 Å². The lowest BCUT2D eigenvalue weighted by molar-refractivity contribution is 0.283. The molecule has 1 heterocycles. The second kappa shape index (κ2) is 7.50. The molecule has 0 fully saturated rings. The minimum absolute atomic E-state index is 0.00723. The minimum Gasteiger partial charge on any atom is -0.409 e. The standard InChI is InChI=1S/C12H20N4O2/c1-16(8-3-2-4-9-17)10-6-5-7-14-11(10)12(13)15-18/h5-7,17-18H,2-4,8-9H2,1H3,(H2,13,15). The number of pyridine rings is 1. The fourth-order valence-corrected chi connectivity index (χ4v) is 1.71. The SMILES string of the molecule is CN(CCCCCO)c1cccnc1/C(N)=N/O. The van der Waals surface area contributed by atoms with Gasteiger partial charge < -0.3 is 20.9 Å². The Morgan fingerprint density at radius 3 is 2.89 bits per heavy atom. The molecule has 0 aliphatic rings. The van der Waals surface area contributed by atoms with Gasteiger partial charge in [-0.25, -0.2) is 0 Å². The number of oxime groups is 1. The van der Waals surface area contributed by atoms with E-state index in [0.717, 1.165) is 31.5 Å². The van der Waals surface area contributed by atoms with Gasteiger partial charge in [-0.3, -0.25) is 4.98 Å². The molecule has 0 radical (unpaired) electrons. The average Bonchev–Trinajstić information content (AvgIpc) is 2.42. The number of unbranched alkanes of at least 4 members (excludes halogenated alkanes) is 2. The van der Waals surface area contributed by atoms with Crippen LogP contribution >= 0.6 is 0 Å². The summed E-state index contributed by atoms with van der Waals surface area (Å²) in [6, 6.07) is 3.69. The number of aliphatic hydroxyl groups is 1. The van der Waals surface area contributed by atoms with E-state index in [1.165, 1.54) is 0 Å². The predicted octanol–water partition coefficient (Wildman–Crippen LogP) is 0.775. The summed E-state index contributed by atoms with van der Waals surface area (Å²) in [5.74, 6) is 0.00723. The summed E-state index contributed by atoms with van der Waals surface area (Å²) < 4.78 is 0. The number of nitrogens with zero attached hydrogens (tertiary/aromatic N) is 3. The van der Waals surface area contributed by atoms with Crippen LogP contribution in [0.15, 0.2) is 23.5 Å². The van der Waals surface area contributed by atoms with Gasteiger partial charge in [0.15, 0.2) is 5.84 Å². The van der Waals surface area contributed by atoms with Crippen molar-refractivity contribution in [3.05, 3.63) is 24.0 Å². The van der Waals surface area contributed by atoms with Crippen LogP contribution in [0.4, 0.5) is 5.69 Å². The molecule has 0 bridgehead atoms. The third kappa shape index (κ3) is 3.89. The molecule has 0 saturated carbocycles. The van der Waals surface area contributed by atoms with Crippen LogP contribution in [0.3, 0.4) is 0 Å². The molecule has 1 aromatic rings. The summed E-state index contributed by atoms with van der Waals surface area (Å²) in [6.07, 6.45) is 4.37. The van der Waals surface area contributed by atoms with E-state index in [4.69, 9.17) is 16.0 Å². The molecule has 0 saturated heterocycles. The zero-order valence-electron chi connectivity index (χ0n) is 10.6. The Morgan fingerprint density at radius 1 is 1.44 bits per heavy atom. The average molecular weight is 252 g/mol. The largest absolute Gasteiger partial charge is 0.409 e. The van der Waals surface area contributed by atoms with E-state index in [9.17, 15) is 0 Å². The van der Waals surface area contributed by atoms with Crippen molar-refractivity contribution in [2.75, 3.05) is 25.1 Å². The first-order chi connectivity index (χ1) is 8.70. The van der Waals surface area contributed by atoms with E-state index in [1.807, 2.05) is 24.1 Å². The molecule has 0 aromatic carbocycles. The molecule has 0 spiro atoms. The maximum Gasteiger partial charge on any atom is 0.190 e. The summed E-state index contributed by atoms with van der Waals surface area (Å²) in [5, 5.41) is 20.4. The molecule has 1 aromatic heterocycles. The van der Waals surface area contributed by atoms with Gasteiger partial charge in [-0.1, -0.05) is 5.16 Å². The first kappa shape index (κ1) is 14.2. The zero-order valence-corrected chi connectivity index (χ0v) is 10.6. The second-order valence-corrected chi connectivity index (χ2v) is 4.06. The minimum atomic E-state index is 0.00723. The molecule has 0 amide bonds. The second-order valence-electron chi connectivity index (χ2n) is 4.06. The van der Waals surface area contributed by atoms with E-state index in [0.29, 0.717) is 5.69 Å². The van der Waals surface area contributed by atoms with Crippen LogP contribution in [-0.4, -0.2) is 41.3 Å². The Balaban J connectivity index is 2.70. The van der Waals surface area contributed by atoms with Crippen molar-refractivity contribution >= 4 is 11.5 Å². The molecule has 4 N–H and O–H groups in total. The van der Waals surface area contributed by atoms with Crippen LogP contribution in [0.1, 0.15) is 25.0 Å². The predicted molar refractivity (Wildman–Crippen MR) is 71.0 cm³/mol. The molecular weight excluding hydrogens is 232 g/mol. The smallest absolute Gasteiger partial charge is 0.190 e. The maximum absolute atomic E-state index is 8.72. The Hall–Kier alpha value is -1.82. The first-order valence-electron chi connectivity index (χ1n) is 5.95. The summed E-state index contributed by atoms with van der Waals surface area (Å²) in [7, 11) is 1.93. The van der Waals surface area contributed by atoms with Crippen LogP contribution < -0.4 is 10.6 Å². The van der Waals surface area contributed by atoms with Crippen molar-refractivity contribution in [1.29, 1.82) is 0 Å². The highest BCUT2D eigenvalue weighted by atomic mass is 16.4. The molecule has 0 aliphatic carbocycles. The Labute approximate surface area is 107 Å². The van der Waals surface area contributed by atoms with E-state index < -0.39 is 0 Å². The molecule has 6 nitrogen and oxygen atoms in total. The van der Waals surface area contributed by atoms with Crippen LogP contribution in [0.5, 0.6) is 0 Å². The fourth-order valence-electron chi connectivity index (χ4n) is 1.71. The molecule has 6 heteroatoms. The topological polar surface area (TPSA) is 95.0 Å². The lowest BCUT2D eigenvalue weighted by atomic mass is 10.2. The van der Waals surface area contributed by atoms with Gasteiger partial charge in [0.1, 0.15) is 5.69 Å². The van der Waals surface area contributed by atoms with Gasteiger partial charge in [0.25, 0.3) is 0 Å². The summed E-state index contributed by atoms with van der Waals surface area (Å²) in [6.45, 7) is 1.06. The quantitative estimate of drug-likeness (QED) is 0.219. The van der Waals surface area contributed by atoms with Crippen molar-refractivity contribution in [2.24, 2.45) is 10.9 Å². The fraction of sp³-hybridized carbons (Fsp3) is 0.500. The first-order valence-corrected chi connectivity index (χ1v) is 5.95. The lowest BCUT2D eigenvalue weighted by Crippen LogP contribution is -2.24. The molecule has 18 heavy (non-hydrogen) atoms. The van der Waals surface area contributed by atoms with Gasteiger partial charge >= 0.3 is 0 Å². The van der Waals surface area contributed by atoms with Crippen LogP contribution in [-0.2, 0) is 0 Å². The highest BCUT2D eigenvalue weighted by Crippen LogP contribution is 2.17. The molecule has 0 atom stereocenters. The molecular formula is C12H20N4O2. The van der Waals surface area contributed by atoms with Crippen molar-refractivity contribution in [2.45, 2.75) is 19.3 Å². The summed E-state index contributed by atoms with van der Waals surface area (Å²) in [5.41, 5.74) is 6.89. The van der Waals surface area contributed by atoms with Crippen molar-refractivity contribution in [3.8, 4) is 0 Å². The van der Waals surface area contributed by atoms with Crippen molar-refractivity contribution in [1.82, 2.24) is 4.98 Å². The number of hydrogen-bond acceptors (Lipinski definition) is 5. The van der Waals surface area contributed by atoms with E-state index in [1.54, 1.807) is 6.20 Å². The van der Waals surface area contributed by atoms with Gasteiger partial charge in [0, 0.05) is 26.4 Å². The lowest BCUT2D eigenvalue weighted by Gasteiger charge is -2.21. The normalized spacial score (nSPS) is 11.6. The third-order valence-electron chi connectivity index (χ3n) is 2.70. The van der Waals surface area contributed by atoms with E-state index in [2.05, 4.69) is 10.1 Å². The van der Waals surface area contributed by atoms with Crippen molar-refractivity contribution in [3.63, 3.8) is 0 Å². The number of anilines is 1. The summed E-state index contributed by atoms with van der Waals surface area (Å²) in [4.78, 5) is 6.13. The van der Waals surface area contributed by atoms with Crippen LogP contribution in [0, 0.1) is 0 Å². The third-order valence-corrected chi connectivity index (χ3v) is 2.70. The number of hydrogen-bond donors (Lipinski definition) is 3. The number of rotatable bonds is 7. The Kier molecular flexibility index (Phi) is 5.93. The van der Waals surface area contributed by atoms with Crippen LogP contribution in [0.25, 0.3) is 0 Å². The highest BCUT2D eigenvalue weighted by Gasteiger charge is 2.11. The van der Waals surface area contributed by atoms with Crippen LogP contribution in [0.2, 0.25) is 0 Å². The van der Waals surface area contributed by atoms with Gasteiger partial charge in [0.2, 0.25) is 0 Å². The number of nitrogens with two attached hydrogens (primary N) is 1. The van der Waals surface area contributed by atoms with E-state index in [-0.39, 0.29) is 12.4 Å². The number of aromatic nitrogens is 1. The summed E-state index contributed by atoms with van der Waals surface area (Å²) >= 11 is 0. The highest BCUT2D eigenvalue weighted by molar-refractivity contribution is 6.00. The monoisotopic (exact) mass is 252 g/mol. The molecule has 0 unspecified atom stereocenters. The zero-order chi connectivity index (χ0) is 13.4. The Morgan fingerprint density at radius 2 is 2.22 bits per heavy atom. The Bertz CT molecular complexity index is 395. The van der Waals surface area contributed by atoms with Crippen molar-refractivity contribution < 1.29 is 10.3 Å². The number of aliphatic hydroxyl groups excluding tert-OH is 1. The van der Waals surface area contributed by atoms with Gasteiger partial charge in [-0.2, -0.15) is 0 Å². The molecule has 0 aliphatic heterocycles. The van der Waals surface area contributed by atoms with Gasteiger partial charge in [-0.15, -0.1) is 0 Å².